The van der Waals surface area contributed by atoms with Crippen molar-refractivity contribution in [3.05, 3.63) is 0 Å². The molecule has 302 valence electrons. The molecular weight excluding hydrogens is 607 g/mol. The van der Waals surface area contributed by atoms with Gasteiger partial charge in [-0.05, 0) is 70.3 Å². The molecule has 0 saturated heterocycles. The Hall–Kier alpha value is -0.0800. The summed E-state index contributed by atoms with van der Waals surface area (Å²) in [7, 11) is 2.47. The molecule has 0 radical (unpaired) electrons. The summed E-state index contributed by atoms with van der Waals surface area (Å²) in [4.78, 5) is 2.80. The monoisotopic (exact) mass is 706 g/mol. The summed E-state index contributed by atoms with van der Waals surface area (Å²) in [6.07, 6.45) is 45.0. The molecule has 0 amide bonds. The Morgan fingerprint density at radius 3 is 1.12 bits per heavy atom. The van der Waals surface area contributed by atoms with Crippen molar-refractivity contribution in [3.8, 4) is 0 Å². The van der Waals surface area contributed by atoms with Gasteiger partial charge in [-0.2, -0.15) is 0 Å². The Morgan fingerprint density at radius 2 is 0.760 bits per heavy atom. The van der Waals surface area contributed by atoms with Crippen LogP contribution in [0.15, 0.2) is 0 Å². The zero-order valence-electron chi connectivity index (χ0n) is 37.0. The first-order chi connectivity index (χ1) is 23.9. The fourth-order valence-corrected chi connectivity index (χ4v) is 8.65. The summed E-state index contributed by atoms with van der Waals surface area (Å²) in [6.45, 7) is 23.7. The zero-order valence-corrected chi connectivity index (χ0v) is 37.0. The molecular formula is C48H99NO. The molecule has 0 aromatic carbocycles. The van der Waals surface area contributed by atoms with E-state index in [1.165, 1.54) is 206 Å². The van der Waals surface area contributed by atoms with Crippen LogP contribution in [0.3, 0.4) is 0 Å². The molecule has 0 aliphatic heterocycles. The highest BCUT2D eigenvalue weighted by molar-refractivity contribution is 4.85. The van der Waals surface area contributed by atoms with E-state index >= 15 is 0 Å². The molecule has 0 N–H and O–H groups in total. The van der Waals surface area contributed by atoms with E-state index in [9.17, 15) is 0 Å². The van der Waals surface area contributed by atoms with Crippen LogP contribution >= 0.6 is 0 Å². The summed E-state index contributed by atoms with van der Waals surface area (Å²) in [6, 6.07) is 0.749. The normalized spacial score (nSPS) is 13.5. The third-order valence-electron chi connectivity index (χ3n) is 11.7. The van der Waals surface area contributed by atoms with Crippen molar-refractivity contribution < 1.29 is 4.74 Å². The third kappa shape index (κ3) is 32.6. The van der Waals surface area contributed by atoms with E-state index < -0.39 is 0 Å². The maximum Gasteiger partial charge on any atom is 0.0626 e. The standard InChI is InChI=1S/C48H99NO/c1-11-14-17-19-21-23-25-27-29-31-33-35-37-39-45(38-36-34-32-30-28-26-24-22-20-18-15-12-2)49(10)44-47(6,7)43-46(4,5)40-41-48(8,9)50-42-16-13-3/h45H,11-44H2,1-10H3. The van der Waals surface area contributed by atoms with Crippen molar-refractivity contribution in [2.75, 3.05) is 20.2 Å². The molecule has 0 aliphatic carbocycles. The average Bonchev–Trinajstić information content (AvgIpc) is 3.05. The van der Waals surface area contributed by atoms with Gasteiger partial charge >= 0.3 is 0 Å². The van der Waals surface area contributed by atoms with Crippen LogP contribution in [0.25, 0.3) is 0 Å². The van der Waals surface area contributed by atoms with E-state index in [4.69, 9.17) is 4.74 Å². The molecule has 2 nitrogen and oxygen atoms in total. The van der Waals surface area contributed by atoms with Gasteiger partial charge in [-0.1, -0.05) is 215 Å². The van der Waals surface area contributed by atoms with Crippen LogP contribution < -0.4 is 0 Å². The van der Waals surface area contributed by atoms with E-state index in [2.05, 4.69) is 74.3 Å². The minimum atomic E-state index is -0.0133. The van der Waals surface area contributed by atoms with Crippen LogP contribution in [-0.4, -0.2) is 36.7 Å². The lowest BCUT2D eigenvalue weighted by molar-refractivity contribution is -0.0343. The molecule has 0 spiro atoms. The number of ether oxygens (including phenoxy) is 1. The fraction of sp³-hybridized carbons (Fsp3) is 1.00. The van der Waals surface area contributed by atoms with Gasteiger partial charge in [-0.15, -0.1) is 0 Å². The lowest BCUT2D eigenvalue weighted by Crippen LogP contribution is -2.41. The first-order valence-electron chi connectivity index (χ1n) is 23.2. The smallest absolute Gasteiger partial charge is 0.0626 e. The second-order valence-electron chi connectivity index (χ2n) is 19.2. The Balaban J connectivity index is 4.71. The zero-order chi connectivity index (χ0) is 37.4. The molecule has 1 unspecified atom stereocenters. The molecule has 0 fully saturated rings. The van der Waals surface area contributed by atoms with E-state index in [1.54, 1.807) is 0 Å². The van der Waals surface area contributed by atoms with Crippen molar-refractivity contribution in [2.24, 2.45) is 10.8 Å². The lowest BCUT2D eigenvalue weighted by Gasteiger charge is -2.41. The highest BCUT2D eigenvalue weighted by Gasteiger charge is 2.33. The molecule has 0 rings (SSSR count). The van der Waals surface area contributed by atoms with Gasteiger partial charge in [0.25, 0.3) is 0 Å². The number of unbranched alkanes of at least 4 members (excludes halogenated alkanes) is 24. The minimum absolute atomic E-state index is 0.0133. The van der Waals surface area contributed by atoms with Crippen molar-refractivity contribution >= 4 is 0 Å². The van der Waals surface area contributed by atoms with Gasteiger partial charge in [-0.25, -0.2) is 0 Å². The van der Waals surface area contributed by atoms with Gasteiger partial charge in [0.05, 0.1) is 5.60 Å². The van der Waals surface area contributed by atoms with Gasteiger partial charge in [0, 0.05) is 19.2 Å². The number of rotatable bonds is 39. The highest BCUT2D eigenvalue weighted by Crippen LogP contribution is 2.40. The molecule has 2 heteroatoms. The molecule has 0 saturated carbocycles. The van der Waals surface area contributed by atoms with E-state index in [-0.39, 0.29) is 5.60 Å². The quantitative estimate of drug-likeness (QED) is 0.0590. The Morgan fingerprint density at radius 1 is 0.420 bits per heavy atom. The first kappa shape index (κ1) is 49.9. The summed E-state index contributed by atoms with van der Waals surface area (Å²) in [5.41, 5.74) is 0.632. The van der Waals surface area contributed by atoms with Gasteiger partial charge < -0.3 is 9.64 Å². The topological polar surface area (TPSA) is 12.5 Å². The molecule has 1 atom stereocenters. The first-order valence-corrected chi connectivity index (χ1v) is 23.2. The van der Waals surface area contributed by atoms with Crippen LogP contribution in [0.1, 0.15) is 268 Å². The molecule has 0 bridgehead atoms. The van der Waals surface area contributed by atoms with Crippen LogP contribution in [-0.2, 0) is 4.74 Å². The van der Waals surface area contributed by atoms with Gasteiger partial charge in [0.1, 0.15) is 0 Å². The van der Waals surface area contributed by atoms with E-state index in [1.807, 2.05) is 0 Å². The van der Waals surface area contributed by atoms with Crippen LogP contribution in [0, 0.1) is 10.8 Å². The van der Waals surface area contributed by atoms with E-state index in [0.29, 0.717) is 10.8 Å². The Kier molecular flexibility index (Phi) is 32.3. The maximum atomic E-state index is 6.28. The van der Waals surface area contributed by atoms with Crippen molar-refractivity contribution in [1.82, 2.24) is 4.90 Å². The number of hydrogen-bond donors (Lipinski definition) is 0. The lowest BCUT2D eigenvalue weighted by atomic mass is 9.71. The minimum Gasteiger partial charge on any atom is -0.376 e. The van der Waals surface area contributed by atoms with Crippen LogP contribution in [0.4, 0.5) is 0 Å². The molecule has 0 heterocycles. The van der Waals surface area contributed by atoms with Crippen LogP contribution in [0.5, 0.6) is 0 Å². The highest BCUT2D eigenvalue weighted by atomic mass is 16.5. The van der Waals surface area contributed by atoms with Gasteiger partial charge in [-0.3, -0.25) is 0 Å². The van der Waals surface area contributed by atoms with Crippen LogP contribution in [0.2, 0.25) is 0 Å². The van der Waals surface area contributed by atoms with Gasteiger partial charge in [0.15, 0.2) is 0 Å². The summed E-state index contributed by atoms with van der Waals surface area (Å²) < 4.78 is 6.28. The number of hydrogen-bond acceptors (Lipinski definition) is 2. The summed E-state index contributed by atoms with van der Waals surface area (Å²) >= 11 is 0. The van der Waals surface area contributed by atoms with Crippen molar-refractivity contribution in [3.63, 3.8) is 0 Å². The molecule has 0 aromatic heterocycles. The largest absolute Gasteiger partial charge is 0.376 e. The molecule has 0 aliphatic rings. The Bertz CT molecular complexity index is 696. The van der Waals surface area contributed by atoms with Gasteiger partial charge in [0.2, 0.25) is 0 Å². The predicted molar refractivity (Wildman–Crippen MR) is 229 cm³/mol. The van der Waals surface area contributed by atoms with Crippen molar-refractivity contribution in [1.29, 1.82) is 0 Å². The number of nitrogens with zero attached hydrogens (tertiary/aromatic N) is 1. The molecule has 50 heavy (non-hydrogen) atoms. The SMILES string of the molecule is CCCCCCCCCCCCCCCC(CCCCCCCCCCCCCC)N(C)CC(C)(C)CC(C)(C)CCC(C)(C)OCCCC. The second-order valence-corrected chi connectivity index (χ2v) is 19.2. The van der Waals surface area contributed by atoms with Crippen molar-refractivity contribution in [2.45, 2.75) is 279 Å². The summed E-state index contributed by atoms with van der Waals surface area (Å²) in [5.74, 6) is 0. The average molecular weight is 706 g/mol. The maximum absolute atomic E-state index is 6.28. The summed E-state index contributed by atoms with van der Waals surface area (Å²) in [5, 5.41) is 0. The van der Waals surface area contributed by atoms with E-state index in [0.717, 1.165) is 19.1 Å². The fourth-order valence-electron chi connectivity index (χ4n) is 8.65. The second kappa shape index (κ2) is 32.4. The third-order valence-corrected chi connectivity index (χ3v) is 11.7. The molecule has 0 aromatic rings. The Labute approximate surface area is 319 Å². The predicted octanol–water partition coefficient (Wildman–Crippen LogP) is 16.7.